The molecular weight excluding hydrogens is 240 g/mol. The third kappa shape index (κ3) is 2.51. The quantitative estimate of drug-likeness (QED) is 0.851. The van der Waals surface area contributed by atoms with Gasteiger partial charge in [-0.15, -0.1) is 0 Å². The third-order valence-corrected chi connectivity index (χ3v) is 2.33. The molecule has 0 atom stereocenters. The van der Waals surface area contributed by atoms with E-state index in [0.29, 0.717) is 17.2 Å². The average molecular weight is 251 g/mol. The van der Waals surface area contributed by atoms with Gasteiger partial charge in [0.05, 0.1) is 12.8 Å². The number of anilines is 1. The van der Waals surface area contributed by atoms with E-state index >= 15 is 0 Å². The number of hydrogen-bond acceptors (Lipinski definition) is 3. The molecular formula is C13H11F2NO2. The molecule has 0 saturated carbocycles. The maximum atomic E-state index is 13.0. The Morgan fingerprint density at radius 3 is 2.28 bits per heavy atom. The summed E-state index contributed by atoms with van der Waals surface area (Å²) in [5.74, 6) is -0.810. The zero-order valence-corrected chi connectivity index (χ0v) is 9.61. The Morgan fingerprint density at radius 2 is 1.61 bits per heavy atom. The van der Waals surface area contributed by atoms with Crippen molar-refractivity contribution in [2.75, 3.05) is 12.8 Å². The summed E-state index contributed by atoms with van der Waals surface area (Å²) in [6, 6.07) is 8.09. The van der Waals surface area contributed by atoms with Gasteiger partial charge in [0, 0.05) is 12.1 Å². The molecule has 3 nitrogen and oxygen atoms in total. The summed E-state index contributed by atoms with van der Waals surface area (Å²) in [6.07, 6.45) is 0. The lowest BCUT2D eigenvalue weighted by Crippen LogP contribution is -1.93. The second-order valence-electron chi connectivity index (χ2n) is 3.58. The van der Waals surface area contributed by atoms with Gasteiger partial charge in [0.15, 0.2) is 11.6 Å². The Kier molecular flexibility index (Phi) is 3.32. The summed E-state index contributed by atoms with van der Waals surface area (Å²) in [5, 5.41) is 0. The first-order valence-electron chi connectivity index (χ1n) is 5.16. The molecule has 0 aliphatic rings. The van der Waals surface area contributed by atoms with Crippen molar-refractivity contribution < 1.29 is 18.3 Å². The lowest BCUT2D eigenvalue weighted by molar-refractivity contribution is 0.410. The highest BCUT2D eigenvalue weighted by atomic mass is 19.2. The van der Waals surface area contributed by atoms with Gasteiger partial charge in [-0.05, 0) is 24.3 Å². The Hall–Kier alpha value is -2.30. The first-order chi connectivity index (χ1) is 8.60. The van der Waals surface area contributed by atoms with E-state index in [1.165, 1.54) is 13.2 Å². The molecule has 2 rings (SSSR count). The van der Waals surface area contributed by atoms with Crippen molar-refractivity contribution in [3.63, 3.8) is 0 Å². The molecule has 2 aromatic rings. The summed E-state index contributed by atoms with van der Waals surface area (Å²) in [6.45, 7) is 0. The van der Waals surface area contributed by atoms with Crippen LogP contribution >= 0.6 is 0 Å². The second kappa shape index (κ2) is 4.91. The van der Waals surface area contributed by atoms with Crippen LogP contribution in [-0.2, 0) is 0 Å². The largest absolute Gasteiger partial charge is 0.494 e. The predicted molar refractivity (Wildman–Crippen MR) is 63.8 cm³/mol. The molecule has 2 aromatic carbocycles. The molecule has 0 fully saturated rings. The van der Waals surface area contributed by atoms with Crippen LogP contribution in [0.15, 0.2) is 36.4 Å². The van der Waals surface area contributed by atoms with Crippen molar-refractivity contribution in [1.29, 1.82) is 0 Å². The van der Waals surface area contributed by atoms with Crippen LogP contribution in [0.5, 0.6) is 17.2 Å². The first-order valence-corrected chi connectivity index (χ1v) is 5.16. The standard InChI is InChI=1S/C13H11F2NO2/c1-17-13-7-9(3-5-12(13)16)18-8-2-4-10(14)11(15)6-8/h2-7H,16H2,1H3. The van der Waals surface area contributed by atoms with Gasteiger partial charge in [0.1, 0.15) is 17.2 Å². The average Bonchev–Trinajstić information content (AvgIpc) is 2.36. The fourth-order valence-corrected chi connectivity index (χ4v) is 1.43. The number of benzene rings is 2. The number of nitrogen functional groups attached to an aromatic ring is 1. The lowest BCUT2D eigenvalue weighted by atomic mass is 10.2. The monoisotopic (exact) mass is 251 g/mol. The molecule has 0 unspecified atom stereocenters. The van der Waals surface area contributed by atoms with Crippen molar-refractivity contribution >= 4 is 5.69 Å². The van der Waals surface area contributed by atoms with Crippen molar-refractivity contribution in [3.05, 3.63) is 48.0 Å². The number of methoxy groups -OCH3 is 1. The van der Waals surface area contributed by atoms with Crippen LogP contribution in [0.3, 0.4) is 0 Å². The van der Waals surface area contributed by atoms with Gasteiger partial charge in [-0.3, -0.25) is 0 Å². The Bertz CT molecular complexity index is 573. The van der Waals surface area contributed by atoms with Gasteiger partial charge >= 0.3 is 0 Å². The van der Waals surface area contributed by atoms with Crippen molar-refractivity contribution in [2.45, 2.75) is 0 Å². The summed E-state index contributed by atoms with van der Waals surface area (Å²) in [5.41, 5.74) is 6.11. The molecule has 0 spiro atoms. The highest BCUT2D eigenvalue weighted by Gasteiger charge is 2.06. The van der Waals surface area contributed by atoms with E-state index in [1.807, 2.05) is 0 Å². The van der Waals surface area contributed by atoms with Gasteiger partial charge in [-0.25, -0.2) is 8.78 Å². The molecule has 0 radical (unpaired) electrons. The van der Waals surface area contributed by atoms with E-state index in [-0.39, 0.29) is 5.75 Å². The van der Waals surface area contributed by atoms with E-state index in [9.17, 15) is 8.78 Å². The second-order valence-corrected chi connectivity index (χ2v) is 3.58. The van der Waals surface area contributed by atoms with Crippen LogP contribution in [0, 0.1) is 11.6 Å². The van der Waals surface area contributed by atoms with Gasteiger partial charge in [0.2, 0.25) is 0 Å². The fourth-order valence-electron chi connectivity index (χ4n) is 1.43. The van der Waals surface area contributed by atoms with Gasteiger partial charge in [-0.2, -0.15) is 0 Å². The summed E-state index contributed by atoms with van der Waals surface area (Å²) in [4.78, 5) is 0. The normalized spacial score (nSPS) is 10.2. The van der Waals surface area contributed by atoms with Crippen molar-refractivity contribution in [3.8, 4) is 17.2 Å². The van der Waals surface area contributed by atoms with Crippen LogP contribution in [0.1, 0.15) is 0 Å². The Morgan fingerprint density at radius 1 is 0.944 bits per heavy atom. The minimum absolute atomic E-state index is 0.195. The Balaban J connectivity index is 2.25. The van der Waals surface area contributed by atoms with Crippen LogP contribution in [0.25, 0.3) is 0 Å². The fraction of sp³-hybridized carbons (Fsp3) is 0.0769. The molecule has 0 bridgehead atoms. The van der Waals surface area contributed by atoms with Crippen LogP contribution in [-0.4, -0.2) is 7.11 Å². The van der Waals surface area contributed by atoms with Gasteiger partial charge in [-0.1, -0.05) is 0 Å². The van der Waals surface area contributed by atoms with Crippen molar-refractivity contribution in [1.82, 2.24) is 0 Å². The van der Waals surface area contributed by atoms with Gasteiger partial charge in [0.25, 0.3) is 0 Å². The summed E-state index contributed by atoms with van der Waals surface area (Å²) in [7, 11) is 1.48. The maximum absolute atomic E-state index is 13.0. The van der Waals surface area contributed by atoms with E-state index in [4.69, 9.17) is 15.2 Å². The molecule has 2 N–H and O–H groups in total. The first kappa shape index (κ1) is 12.2. The number of nitrogens with two attached hydrogens (primary N) is 1. The molecule has 0 aromatic heterocycles. The zero-order chi connectivity index (χ0) is 13.1. The van der Waals surface area contributed by atoms with Gasteiger partial charge < -0.3 is 15.2 Å². The number of rotatable bonds is 3. The molecule has 0 amide bonds. The number of halogens is 2. The molecule has 0 saturated heterocycles. The molecule has 5 heteroatoms. The minimum atomic E-state index is -0.963. The summed E-state index contributed by atoms with van der Waals surface area (Å²) < 4.78 is 36.1. The molecule has 94 valence electrons. The highest BCUT2D eigenvalue weighted by Crippen LogP contribution is 2.30. The smallest absolute Gasteiger partial charge is 0.162 e. The highest BCUT2D eigenvalue weighted by molar-refractivity contribution is 5.56. The predicted octanol–water partition coefficient (Wildman–Crippen LogP) is 3.35. The zero-order valence-electron chi connectivity index (χ0n) is 9.61. The molecule has 0 aliphatic heterocycles. The summed E-state index contributed by atoms with van der Waals surface area (Å²) >= 11 is 0. The van der Waals surface area contributed by atoms with E-state index < -0.39 is 11.6 Å². The van der Waals surface area contributed by atoms with Crippen LogP contribution in [0.4, 0.5) is 14.5 Å². The SMILES string of the molecule is COc1cc(Oc2ccc(F)c(F)c2)ccc1N. The number of hydrogen-bond donors (Lipinski definition) is 1. The lowest BCUT2D eigenvalue weighted by Gasteiger charge is -2.09. The van der Waals surface area contributed by atoms with E-state index in [1.54, 1.807) is 18.2 Å². The molecule has 0 aliphatic carbocycles. The van der Waals surface area contributed by atoms with Crippen LogP contribution < -0.4 is 15.2 Å². The topological polar surface area (TPSA) is 44.5 Å². The minimum Gasteiger partial charge on any atom is -0.494 e. The van der Waals surface area contributed by atoms with Crippen molar-refractivity contribution in [2.24, 2.45) is 0 Å². The third-order valence-electron chi connectivity index (χ3n) is 2.33. The van der Waals surface area contributed by atoms with Crippen LogP contribution in [0.2, 0.25) is 0 Å². The Labute approximate surface area is 103 Å². The maximum Gasteiger partial charge on any atom is 0.162 e. The molecule has 0 heterocycles. The molecule has 18 heavy (non-hydrogen) atoms. The van der Waals surface area contributed by atoms with E-state index in [2.05, 4.69) is 0 Å². The number of ether oxygens (including phenoxy) is 2. The van der Waals surface area contributed by atoms with E-state index in [0.717, 1.165) is 12.1 Å².